The molecule has 7 heteroatoms. The van der Waals surface area contributed by atoms with Gasteiger partial charge in [-0.2, -0.15) is 0 Å². The van der Waals surface area contributed by atoms with E-state index >= 15 is 0 Å². The van der Waals surface area contributed by atoms with Crippen LogP contribution >= 0.6 is 0 Å². The van der Waals surface area contributed by atoms with Crippen LogP contribution in [0.25, 0.3) is 0 Å². The molecule has 0 bridgehead atoms. The van der Waals surface area contributed by atoms with Gasteiger partial charge in [-0.25, -0.2) is 15.8 Å². The van der Waals surface area contributed by atoms with Crippen LogP contribution in [0.4, 0.5) is 5.95 Å². The summed E-state index contributed by atoms with van der Waals surface area (Å²) in [5, 5.41) is 12.4. The average molecular weight is 273 g/mol. The number of nitrogens with one attached hydrogen (secondary N) is 2. The number of nitrogens with zero attached hydrogens (tertiary/aromatic N) is 2. The minimum absolute atomic E-state index is 0.0988. The van der Waals surface area contributed by atoms with Crippen molar-refractivity contribution in [3.05, 3.63) is 53.9 Å². The lowest BCUT2D eigenvalue weighted by molar-refractivity contribution is 0.0953. The van der Waals surface area contributed by atoms with Gasteiger partial charge in [0.05, 0.1) is 18.2 Å². The van der Waals surface area contributed by atoms with Gasteiger partial charge in [-0.15, -0.1) is 0 Å². The topological polar surface area (TPSA) is 113 Å². The second-order valence-corrected chi connectivity index (χ2v) is 4.06. The van der Waals surface area contributed by atoms with Crippen LogP contribution < -0.4 is 16.6 Å². The van der Waals surface area contributed by atoms with E-state index in [1.54, 1.807) is 0 Å². The lowest BCUT2D eigenvalue weighted by atomic mass is 10.1. The summed E-state index contributed by atoms with van der Waals surface area (Å²) in [6, 6.07) is 9.14. The fraction of sp³-hybridized carbons (Fsp3) is 0.154. The van der Waals surface area contributed by atoms with Crippen LogP contribution in [0.15, 0.2) is 42.7 Å². The van der Waals surface area contributed by atoms with Crippen LogP contribution in [0.2, 0.25) is 0 Å². The number of carbonyl (C=O) groups is 1. The molecule has 1 unspecified atom stereocenters. The van der Waals surface area contributed by atoms with Gasteiger partial charge in [-0.3, -0.25) is 10.2 Å². The molecule has 5 N–H and O–H groups in total. The molecule has 0 radical (unpaired) electrons. The summed E-state index contributed by atoms with van der Waals surface area (Å²) < 4.78 is 0. The number of benzene rings is 1. The van der Waals surface area contributed by atoms with E-state index in [0.717, 1.165) is 5.56 Å². The Morgan fingerprint density at radius 2 is 1.90 bits per heavy atom. The Morgan fingerprint density at radius 1 is 1.25 bits per heavy atom. The van der Waals surface area contributed by atoms with Gasteiger partial charge in [0.25, 0.3) is 5.91 Å². The van der Waals surface area contributed by atoms with E-state index in [-0.39, 0.29) is 18.2 Å². The Balaban J connectivity index is 2.10. The summed E-state index contributed by atoms with van der Waals surface area (Å²) >= 11 is 0. The summed E-state index contributed by atoms with van der Waals surface area (Å²) in [7, 11) is 0. The molecule has 1 aromatic carbocycles. The number of carbonyl (C=O) groups excluding carboxylic acids is 1. The van der Waals surface area contributed by atoms with Crippen LogP contribution in [0, 0.1) is 0 Å². The molecular formula is C13H15N5O2. The summed E-state index contributed by atoms with van der Waals surface area (Å²) in [6.45, 7) is -0.0988. The first-order chi connectivity index (χ1) is 9.74. The molecule has 20 heavy (non-hydrogen) atoms. The fourth-order valence-electron chi connectivity index (χ4n) is 1.68. The van der Waals surface area contributed by atoms with Crippen LogP contribution in [0.5, 0.6) is 0 Å². The van der Waals surface area contributed by atoms with Gasteiger partial charge in [-0.05, 0) is 5.56 Å². The number of rotatable bonds is 5. The van der Waals surface area contributed by atoms with Gasteiger partial charge >= 0.3 is 0 Å². The second-order valence-electron chi connectivity index (χ2n) is 4.06. The first-order valence-corrected chi connectivity index (χ1v) is 6.00. The van der Waals surface area contributed by atoms with E-state index in [1.165, 1.54) is 12.4 Å². The molecule has 0 fully saturated rings. The van der Waals surface area contributed by atoms with Crippen molar-refractivity contribution >= 4 is 11.9 Å². The van der Waals surface area contributed by atoms with E-state index in [2.05, 4.69) is 15.3 Å². The van der Waals surface area contributed by atoms with Gasteiger partial charge in [-0.1, -0.05) is 30.3 Å². The van der Waals surface area contributed by atoms with E-state index in [1.807, 2.05) is 35.8 Å². The van der Waals surface area contributed by atoms with Gasteiger partial charge in [0.15, 0.2) is 0 Å². The molecule has 7 nitrogen and oxygen atoms in total. The molecule has 0 aliphatic rings. The Morgan fingerprint density at radius 3 is 2.45 bits per heavy atom. The summed E-state index contributed by atoms with van der Waals surface area (Å²) in [6.07, 6.45) is 2.72. The van der Waals surface area contributed by atoms with Crippen molar-refractivity contribution in [1.82, 2.24) is 15.4 Å². The standard InChI is InChI=1S/C13H15N5O2/c14-18-12(20)10-6-15-13(16-7-10)17-11(8-19)9-4-2-1-3-5-9/h1-7,11,19H,8,14H2,(H,18,20)(H,15,16,17). The molecule has 2 aromatic rings. The number of anilines is 1. The van der Waals surface area contributed by atoms with Crippen molar-refractivity contribution < 1.29 is 9.90 Å². The SMILES string of the molecule is NNC(=O)c1cnc(NC(CO)c2ccccc2)nc1. The van der Waals surface area contributed by atoms with E-state index < -0.39 is 5.91 Å². The highest BCUT2D eigenvalue weighted by Crippen LogP contribution is 2.16. The lowest BCUT2D eigenvalue weighted by Gasteiger charge is -2.16. The quantitative estimate of drug-likeness (QED) is 0.352. The predicted octanol–water partition coefficient (Wildman–Crippen LogP) is 0.226. The van der Waals surface area contributed by atoms with Crippen LogP contribution in [-0.2, 0) is 0 Å². The number of aliphatic hydroxyl groups excluding tert-OH is 1. The van der Waals surface area contributed by atoms with Crippen molar-refractivity contribution in [3.8, 4) is 0 Å². The highest BCUT2D eigenvalue weighted by Gasteiger charge is 2.12. The van der Waals surface area contributed by atoms with E-state index in [4.69, 9.17) is 5.84 Å². The monoisotopic (exact) mass is 273 g/mol. The summed E-state index contributed by atoms with van der Waals surface area (Å²) in [4.78, 5) is 19.3. The smallest absolute Gasteiger partial charge is 0.268 e. The first-order valence-electron chi connectivity index (χ1n) is 6.00. The maximum atomic E-state index is 11.2. The molecule has 1 amide bonds. The number of amides is 1. The van der Waals surface area contributed by atoms with Crippen molar-refractivity contribution in [2.75, 3.05) is 11.9 Å². The average Bonchev–Trinajstić information content (AvgIpc) is 2.53. The van der Waals surface area contributed by atoms with Crippen molar-refractivity contribution in [3.63, 3.8) is 0 Å². The maximum absolute atomic E-state index is 11.2. The summed E-state index contributed by atoms with van der Waals surface area (Å²) in [5.74, 6) is 4.88. The third-order valence-electron chi connectivity index (χ3n) is 2.73. The molecule has 1 atom stereocenters. The van der Waals surface area contributed by atoms with Crippen molar-refractivity contribution in [2.24, 2.45) is 5.84 Å². The maximum Gasteiger partial charge on any atom is 0.268 e. The van der Waals surface area contributed by atoms with Crippen LogP contribution in [0.3, 0.4) is 0 Å². The Kier molecular flexibility index (Phi) is 4.59. The molecule has 0 aliphatic heterocycles. The van der Waals surface area contributed by atoms with Gasteiger partial charge in [0.1, 0.15) is 0 Å². The lowest BCUT2D eigenvalue weighted by Crippen LogP contribution is -2.30. The number of aliphatic hydroxyl groups is 1. The molecule has 0 saturated heterocycles. The number of hydrogen-bond acceptors (Lipinski definition) is 6. The van der Waals surface area contributed by atoms with Crippen LogP contribution in [-0.4, -0.2) is 27.6 Å². The zero-order chi connectivity index (χ0) is 14.4. The molecule has 1 aromatic heterocycles. The van der Waals surface area contributed by atoms with E-state index in [0.29, 0.717) is 5.95 Å². The van der Waals surface area contributed by atoms with Gasteiger partial charge in [0, 0.05) is 12.4 Å². The van der Waals surface area contributed by atoms with Gasteiger partial charge in [0.2, 0.25) is 5.95 Å². The number of nitrogen functional groups attached to an aromatic ring is 1. The van der Waals surface area contributed by atoms with Crippen molar-refractivity contribution in [1.29, 1.82) is 0 Å². The Bertz CT molecular complexity index is 559. The molecule has 0 spiro atoms. The Hall–Kier alpha value is -2.51. The summed E-state index contributed by atoms with van der Waals surface area (Å²) in [5.41, 5.74) is 3.18. The van der Waals surface area contributed by atoms with Crippen molar-refractivity contribution in [2.45, 2.75) is 6.04 Å². The normalized spacial score (nSPS) is 11.7. The zero-order valence-electron chi connectivity index (χ0n) is 10.7. The number of hydrazine groups is 1. The number of hydrogen-bond donors (Lipinski definition) is 4. The fourth-order valence-corrected chi connectivity index (χ4v) is 1.68. The number of nitrogens with two attached hydrogens (primary N) is 1. The minimum Gasteiger partial charge on any atom is -0.394 e. The zero-order valence-corrected chi connectivity index (χ0v) is 10.7. The largest absolute Gasteiger partial charge is 0.394 e. The molecule has 0 aliphatic carbocycles. The highest BCUT2D eigenvalue weighted by atomic mass is 16.3. The Labute approximate surface area is 115 Å². The molecule has 1 heterocycles. The molecule has 104 valence electrons. The minimum atomic E-state index is -0.460. The second kappa shape index (κ2) is 6.60. The third-order valence-corrected chi connectivity index (χ3v) is 2.73. The van der Waals surface area contributed by atoms with Gasteiger partial charge < -0.3 is 10.4 Å². The predicted molar refractivity (Wildman–Crippen MR) is 73.6 cm³/mol. The first kappa shape index (κ1) is 13.9. The highest BCUT2D eigenvalue weighted by molar-refractivity contribution is 5.93. The molecule has 2 rings (SSSR count). The molecular weight excluding hydrogens is 258 g/mol. The third kappa shape index (κ3) is 3.28. The van der Waals surface area contributed by atoms with Crippen LogP contribution in [0.1, 0.15) is 22.0 Å². The van der Waals surface area contributed by atoms with E-state index in [9.17, 15) is 9.90 Å². The molecule has 0 saturated carbocycles. The number of aromatic nitrogens is 2.